The van der Waals surface area contributed by atoms with Gasteiger partial charge in [0, 0.05) is 36.4 Å². The molecule has 2 aromatic carbocycles. The highest BCUT2D eigenvalue weighted by atomic mass is 35.5. The van der Waals surface area contributed by atoms with Crippen LogP contribution in [0.3, 0.4) is 0 Å². The number of benzene rings is 2. The van der Waals surface area contributed by atoms with Crippen LogP contribution in [0.15, 0.2) is 46.0 Å². The van der Waals surface area contributed by atoms with Gasteiger partial charge < -0.3 is 9.47 Å². The zero-order valence-electron chi connectivity index (χ0n) is 19.5. The first-order valence-electron chi connectivity index (χ1n) is 11.1. The van der Waals surface area contributed by atoms with Crippen LogP contribution in [0.5, 0.6) is 0 Å². The van der Waals surface area contributed by atoms with Crippen molar-refractivity contribution >= 4 is 34.4 Å². The van der Waals surface area contributed by atoms with Crippen molar-refractivity contribution in [2.24, 2.45) is 13.0 Å². The highest BCUT2D eigenvalue weighted by Gasteiger charge is 2.30. The molecule has 3 heterocycles. The van der Waals surface area contributed by atoms with Crippen molar-refractivity contribution in [1.82, 2.24) is 18.7 Å². The van der Waals surface area contributed by atoms with Gasteiger partial charge in [0.1, 0.15) is 5.82 Å². The van der Waals surface area contributed by atoms with Gasteiger partial charge in [0.05, 0.1) is 6.54 Å². The Hall–Kier alpha value is -3.39. The fraction of sp³-hybridized carbons (Fsp3) is 0.320. The lowest BCUT2D eigenvalue weighted by Gasteiger charge is -2.33. The summed E-state index contributed by atoms with van der Waals surface area (Å²) in [6.45, 7) is 7.30. The molecular weight excluding hydrogens is 457 g/mol. The molecule has 1 unspecified atom stereocenters. The topological polar surface area (TPSA) is 65.1 Å². The summed E-state index contributed by atoms with van der Waals surface area (Å²) in [4.78, 5) is 33.6. The lowest BCUT2D eigenvalue weighted by atomic mass is 10.1. The number of halogens is 2. The van der Waals surface area contributed by atoms with E-state index in [-0.39, 0.29) is 23.0 Å². The summed E-state index contributed by atoms with van der Waals surface area (Å²) in [5.74, 6) is 0.286. The molecule has 1 aliphatic rings. The smallest absolute Gasteiger partial charge is 0.312 e. The highest BCUT2D eigenvalue weighted by Crippen LogP contribution is 2.33. The molecule has 4 aromatic rings. The highest BCUT2D eigenvalue weighted by molar-refractivity contribution is 6.31. The minimum atomic E-state index is -0.571. The van der Waals surface area contributed by atoms with Gasteiger partial charge in [-0.1, -0.05) is 30.7 Å². The lowest BCUT2D eigenvalue weighted by molar-refractivity contribution is 0.458. The van der Waals surface area contributed by atoms with Crippen molar-refractivity contribution in [2.45, 2.75) is 33.9 Å². The number of aryl methyl sites for hydroxylation is 3. The molecule has 0 saturated carbocycles. The van der Waals surface area contributed by atoms with Gasteiger partial charge in [-0.05, 0) is 55.2 Å². The molecule has 0 radical (unpaired) electrons. The average molecular weight is 482 g/mol. The van der Waals surface area contributed by atoms with Gasteiger partial charge in [0.15, 0.2) is 11.2 Å². The molecule has 7 nitrogen and oxygen atoms in total. The Bertz CT molecular complexity index is 1550. The first-order chi connectivity index (χ1) is 16.2. The Morgan fingerprint density at radius 3 is 2.59 bits per heavy atom. The zero-order chi connectivity index (χ0) is 24.3. The van der Waals surface area contributed by atoms with E-state index in [2.05, 4.69) is 37.8 Å². The number of aromatic nitrogens is 4. The second kappa shape index (κ2) is 8.13. The van der Waals surface area contributed by atoms with Crippen LogP contribution in [-0.2, 0) is 20.1 Å². The largest absolute Gasteiger partial charge is 0.332 e. The van der Waals surface area contributed by atoms with E-state index in [0.717, 1.165) is 22.4 Å². The van der Waals surface area contributed by atoms with Gasteiger partial charge >= 0.3 is 5.69 Å². The molecule has 0 N–H and O–H groups in total. The minimum Gasteiger partial charge on any atom is -0.312 e. The standard InChI is InChI=1S/C25H25ClFN5O2/c1-14-11-30(17-9-8-15(2)16(3)10-17)24-28-22-21(31(24)12-14)23(33)32(25(34)29(22)4)13-18-19(26)6-5-7-20(18)27/h5-10,14H,11-13H2,1-4H3. The summed E-state index contributed by atoms with van der Waals surface area (Å²) in [6, 6.07) is 10.5. The third-order valence-electron chi connectivity index (χ3n) is 6.62. The first kappa shape index (κ1) is 22.4. The molecule has 34 heavy (non-hydrogen) atoms. The maximum atomic E-state index is 14.4. The first-order valence-corrected chi connectivity index (χ1v) is 11.5. The molecule has 176 valence electrons. The quantitative estimate of drug-likeness (QED) is 0.441. The van der Waals surface area contributed by atoms with Crippen molar-refractivity contribution in [3.8, 4) is 0 Å². The molecule has 0 spiro atoms. The van der Waals surface area contributed by atoms with Crippen molar-refractivity contribution in [1.29, 1.82) is 0 Å². The van der Waals surface area contributed by atoms with E-state index >= 15 is 0 Å². The third-order valence-corrected chi connectivity index (χ3v) is 6.98. The minimum absolute atomic E-state index is 0.103. The second-order valence-electron chi connectivity index (χ2n) is 9.11. The molecule has 1 aliphatic heterocycles. The van der Waals surface area contributed by atoms with Crippen molar-refractivity contribution in [3.05, 3.63) is 84.8 Å². The average Bonchev–Trinajstić information content (AvgIpc) is 3.18. The van der Waals surface area contributed by atoms with Crippen molar-refractivity contribution in [2.75, 3.05) is 11.4 Å². The monoisotopic (exact) mass is 481 g/mol. The number of imidazole rings is 1. The molecule has 0 amide bonds. The molecule has 1 atom stereocenters. The fourth-order valence-electron chi connectivity index (χ4n) is 4.60. The van der Waals surface area contributed by atoms with Crippen molar-refractivity contribution in [3.63, 3.8) is 0 Å². The summed E-state index contributed by atoms with van der Waals surface area (Å²) in [7, 11) is 1.58. The predicted octanol–water partition coefficient (Wildman–Crippen LogP) is 4.14. The van der Waals surface area contributed by atoms with Gasteiger partial charge in [-0.15, -0.1) is 0 Å². The van der Waals surface area contributed by atoms with Gasteiger partial charge in [-0.2, -0.15) is 4.98 Å². The van der Waals surface area contributed by atoms with Crippen LogP contribution in [0.25, 0.3) is 11.2 Å². The number of nitrogens with zero attached hydrogens (tertiary/aromatic N) is 5. The maximum Gasteiger partial charge on any atom is 0.332 e. The van der Waals surface area contributed by atoms with Crippen LogP contribution in [0.1, 0.15) is 23.6 Å². The molecule has 9 heteroatoms. The molecule has 0 fully saturated rings. The summed E-state index contributed by atoms with van der Waals surface area (Å²) in [5, 5.41) is 0.166. The van der Waals surface area contributed by atoms with Gasteiger partial charge in [0.25, 0.3) is 5.56 Å². The van der Waals surface area contributed by atoms with Crippen LogP contribution in [0.4, 0.5) is 16.0 Å². The summed E-state index contributed by atoms with van der Waals surface area (Å²) in [6.07, 6.45) is 0. The molecular formula is C25H25ClFN5O2. The second-order valence-corrected chi connectivity index (χ2v) is 9.52. The summed E-state index contributed by atoms with van der Waals surface area (Å²) < 4.78 is 18.7. The Morgan fingerprint density at radius 2 is 1.88 bits per heavy atom. The van der Waals surface area contributed by atoms with E-state index in [1.54, 1.807) is 7.05 Å². The lowest BCUT2D eigenvalue weighted by Crippen LogP contribution is -2.41. The van der Waals surface area contributed by atoms with E-state index in [4.69, 9.17) is 16.6 Å². The Balaban J connectivity index is 1.74. The summed E-state index contributed by atoms with van der Waals surface area (Å²) in [5.41, 5.74) is 2.99. The Kier molecular flexibility index (Phi) is 5.36. The van der Waals surface area contributed by atoms with Crippen LogP contribution in [0.2, 0.25) is 5.02 Å². The van der Waals surface area contributed by atoms with Gasteiger partial charge in [-0.25, -0.2) is 9.18 Å². The molecule has 0 saturated heterocycles. The number of anilines is 2. The number of hydrogen-bond donors (Lipinski definition) is 0. The van der Waals surface area contributed by atoms with E-state index in [9.17, 15) is 14.0 Å². The maximum absolute atomic E-state index is 14.4. The van der Waals surface area contributed by atoms with Crippen LogP contribution < -0.4 is 16.1 Å². The van der Waals surface area contributed by atoms with Gasteiger partial charge in [-0.3, -0.25) is 13.9 Å². The fourth-order valence-corrected chi connectivity index (χ4v) is 4.82. The Labute approximate surface area is 200 Å². The van der Waals surface area contributed by atoms with E-state index in [1.165, 1.54) is 28.3 Å². The zero-order valence-corrected chi connectivity index (χ0v) is 20.2. The SMILES string of the molecule is Cc1ccc(N2CC(C)Cn3c2nc2c3c(=O)n(Cc3c(F)cccc3Cl)c(=O)n2C)cc1C. The number of hydrogen-bond acceptors (Lipinski definition) is 4. The number of fused-ring (bicyclic) bond motifs is 3. The van der Waals surface area contributed by atoms with Crippen LogP contribution in [-0.4, -0.2) is 25.2 Å². The van der Waals surface area contributed by atoms with Crippen molar-refractivity contribution < 1.29 is 4.39 Å². The summed E-state index contributed by atoms with van der Waals surface area (Å²) >= 11 is 6.18. The predicted molar refractivity (Wildman–Crippen MR) is 132 cm³/mol. The van der Waals surface area contributed by atoms with Crippen LogP contribution >= 0.6 is 11.6 Å². The van der Waals surface area contributed by atoms with Gasteiger partial charge in [0.2, 0.25) is 5.95 Å². The normalized spacial score (nSPS) is 15.7. The number of rotatable bonds is 3. The molecule has 0 aliphatic carbocycles. The molecule has 2 aromatic heterocycles. The van der Waals surface area contributed by atoms with E-state index in [1.807, 2.05) is 10.6 Å². The molecule has 0 bridgehead atoms. The Morgan fingerprint density at radius 1 is 1.12 bits per heavy atom. The van der Waals surface area contributed by atoms with E-state index in [0.29, 0.717) is 23.7 Å². The van der Waals surface area contributed by atoms with Crippen LogP contribution in [0, 0.1) is 25.6 Å². The third kappa shape index (κ3) is 3.44. The van der Waals surface area contributed by atoms with E-state index < -0.39 is 17.1 Å². The molecule has 5 rings (SSSR count).